The van der Waals surface area contributed by atoms with Gasteiger partial charge in [0.05, 0.1) is 17.0 Å². The number of rotatable bonds is 4. The molecule has 22 heavy (non-hydrogen) atoms. The number of benzene rings is 1. The van der Waals surface area contributed by atoms with E-state index < -0.39 is 15.6 Å². The molecule has 0 saturated carbocycles. The number of carbonyl (C=O) groups is 1. The molecule has 1 aliphatic heterocycles. The maximum absolute atomic E-state index is 12.4. The first-order valence-electron chi connectivity index (χ1n) is 6.90. The topological polar surface area (TPSA) is 104 Å². The molecule has 0 aliphatic carbocycles. The van der Waals surface area contributed by atoms with Gasteiger partial charge >= 0.3 is 0 Å². The van der Waals surface area contributed by atoms with Gasteiger partial charge in [-0.25, -0.2) is 13.6 Å². The lowest BCUT2D eigenvalue weighted by Crippen LogP contribution is -2.43. The molecule has 0 spiro atoms. The Morgan fingerprint density at radius 3 is 2.45 bits per heavy atom. The number of primary sulfonamides is 1. The highest BCUT2D eigenvalue weighted by atomic mass is 32.2. The maximum Gasteiger partial charge on any atom is 0.253 e. The molecule has 122 valence electrons. The molecular weight excluding hydrogens is 306 g/mol. The molecule has 1 unspecified atom stereocenters. The van der Waals surface area contributed by atoms with E-state index in [9.17, 15) is 18.3 Å². The van der Waals surface area contributed by atoms with E-state index in [-0.39, 0.29) is 17.3 Å². The molecule has 1 heterocycles. The monoisotopic (exact) mass is 327 g/mol. The minimum absolute atomic E-state index is 0.0328. The molecule has 1 atom stereocenters. The molecule has 3 N–H and O–H groups in total. The fourth-order valence-electron chi connectivity index (χ4n) is 2.72. The highest BCUT2D eigenvalue weighted by Crippen LogP contribution is 2.23. The van der Waals surface area contributed by atoms with Gasteiger partial charge in [-0.3, -0.25) is 4.79 Å². The Bertz CT molecular complexity index is 657. The molecule has 2 rings (SSSR count). The van der Waals surface area contributed by atoms with Crippen molar-refractivity contribution in [3.8, 4) is 0 Å². The SMILES string of the molecule is CN(C)CC1(O)CCN(C(=O)c2ccc(S(N)(=O)=O)cc2)C1. The van der Waals surface area contributed by atoms with Crippen molar-refractivity contribution in [2.75, 3.05) is 33.7 Å². The zero-order chi connectivity index (χ0) is 16.5. The Kier molecular flexibility index (Phi) is 4.57. The largest absolute Gasteiger partial charge is 0.387 e. The number of β-amino-alcohol motifs (C(OH)–C–C–N with tert-alkyl or cyclic N) is 1. The van der Waals surface area contributed by atoms with Crippen molar-refractivity contribution in [3.05, 3.63) is 29.8 Å². The third-order valence-electron chi connectivity index (χ3n) is 3.66. The van der Waals surface area contributed by atoms with Gasteiger partial charge < -0.3 is 14.9 Å². The Hall–Kier alpha value is -1.48. The van der Waals surface area contributed by atoms with Gasteiger partial charge in [0.15, 0.2) is 0 Å². The van der Waals surface area contributed by atoms with E-state index in [2.05, 4.69) is 0 Å². The lowest BCUT2D eigenvalue weighted by atomic mass is 10.0. The number of likely N-dealkylation sites (tertiary alicyclic amines) is 1. The van der Waals surface area contributed by atoms with E-state index in [1.807, 2.05) is 19.0 Å². The lowest BCUT2D eigenvalue weighted by Gasteiger charge is -2.26. The number of likely N-dealkylation sites (N-methyl/N-ethyl adjacent to an activating group) is 1. The van der Waals surface area contributed by atoms with Crippen LogP contribution in [0.25, 0.3) is 0 Å². The number of nitrogens with zero attached hydrogens (tertiary/aromatic N) is 2. The van der Waals surface area contributed by atoms with E-state index in [4.69, 9.17) is 5.14 Å². The minimum atomic E-state index is -3.77. The van der Waals surface area contributed by atoms with E-state index in [0.29, 0.717) is 25.1 Å². The van der Waals surface area contributed by atoms with E-state index in [0.717, 1.165) is 0 Å². The Balaban J connectivity index is 2.10. The Morgan fingerprint density at radius 2 is 1.95 bits per heavy atom. The van der Waals surface area contributed by atoms with Gasteiger partial charge in [0.1, 0.15) is 0 Å². The highest BCUT2D eigenvalue weighted by Gasteiger charge is 2.38. The van der Waals surface area contributed by atoms with Gasteiger partial charge in [-0.1, -0.05) is 0 Å². The Labute approximate surface area is 130 Å². The standard InChI is InChI=1S/C14H21N3O4S/c1-16(2)9-14(19)7-8-17(10-14)13(18)11-3-5-12(6-4-11)22(15,20)21/h3-6,19H,7-10H2,1-2H3,(H2,15,20,21). The summed E-state index contributed by atoms with van der Waals surface area (Å²) in [6, 6.07) is 5.49. The predicted octanol–water partition coefficient (Wildman–Crippen LogP) is -0.527. The summed E-state index contributed by atoms with van der Waals surface area (Å²) in [6.45, 7) is 1.22. The minimum Gasteiger partial charge on any atom is -0.387 e. The van der Waals surface area contributed by atoms with Crippen LogP contribution >= 0.6 is 0 Å². The van der Waals surface area contributed by atoms with E-state index in [1.54, 1.807) is 4.90 Å². The summed E-state index contributed by atoms with van der Waals surface area (Å²) in [4.78, 5) is 15.8. The van der Waals surface area contributed by atoms with Crippen molar-refractivity contribution in [2.24, 2.45) is 5.14 Å². The summed E-state index contributed by atoms with van der Waals surface area (Å²) in [7, 11) is -0.0278. The second kappa shape index (κ2) is 5.96. The first-order valence-corrected chi connectivity index (χ1v) is 8.45. The Morgan fingerprint density at radius 1 is 1.36 bits per heavy atom. The quantitative estimate of drug-likeness (QED) is 0.774. The average Bonchev–Trinajstić information content (AvgIpc) is 2.78. The van der Waals surface area contributed by atoms with Crippen LogP contribution in [0.4, 0.5) is 0 Å². The summed E-state index contributed by atoms with van der Waals surface area (Å²) in [6.07, 6.45) is 0.520. The molecule has 0 radical (unpaired) electrons. The molecule has 1 saturated heterocycles. The zero-order valence-electron chi connectivity index (χ0n) is 12.7. The first kappa shape index (κ1) is 16.9. The van der Waals surface area contributed by atoms with Gasteiger partial charge in [-0.15, -0.1) is 0 Å². The third-order valence-corrected chi connectivity index (χ3v) is 4.59. The number of sulfonamides is 1. The summed E-state index contributed by atoms with van der Waals surface area (Å²) in [5, 5.41) is 15.5. The fourth-order valence-corrected chi connectivity index (χ4v) is 3.23. The molecule has 1 fully saturated rings. The van der Waals surface area contributed by atoms with Crippen LogP contribution < -0.4 is 5.14 Å². The molecule has 0 bridgehead atoms. The lowest BCUT2D eigenvalue weighted by molar-refractivity contribution is 0.0236. The van der Waals surface area contributed by atoms with Crippen molar-refractivity contribution < 1.29 is 18.3 Å². The van der Waals surface area contributed by atoms with Crippen molar-refractivity contribution >= 4 is 15.9 Å². The van der Waals surface area contributed by atoms with Crippen molar-refractivity contribution in [3.63, 3.8) is 0 Å². The van der Waals surface area contributed by atoms with Crippen LogP contribution in [0.15, 0.2) is 29.2 Å². The molecule has 0 aromatic heterocycles. The number of aliphatic hydroxyl groups is 1. The summed E-state index contributed by atoms with van der Waals surface area (Å²) < 4.78 is 22.4. The van der Waals surface area contributed by atoms with Crippen molar-refractivity contribution in [2.45, 2.75) is 16.9 Å². The summed E-state index contributed by atoms with van der Waals surface area (Å²) in [5.41, 5.74) is -0.527. The smallest absolute Gasteiger partial charge is 0.253 e. The molecule has 1 amide bonds. The third kappa shape index (κ3) is 3.83. The maximum atomic E-state index is 12.4. The molecule has 1 aromatic rings. The number of hydrogen-bond donors (Lipinski definition) is 2. The second-order valence-electron chi connectivity index (χ2n) is 6.01. The van der Waals surface area contributed by atoms with E-state index >= 15 is 0 Å². The number of amides is 1. The van der Waals surface area contributed by atoms with Crippen molar-refractivity contribution in [1.82, 2.24) is 9.80 Å². The molecule has 8 heteroatoms. The summed E-state index contributed by atoms with van der Waals surface area (Å²) >= 11 is 0. The molecule has 1 aromatic carbocycles. The van der Waals surface area contributed by atoms with Crippen molar-refractivity contribution in [1.29, 1.82) is 0 Å². The normalized spacial score (nSPS) is 22.3. The van der Waals surface area contributed by atoms with Gasteiger partial charge in [0.2, 0.25) is 10.0 Å². The molecular formula is C14H21N3O4S. The van der Waals surface area contributed by atoms with Gasteiger partial charge in [0, 0.05) is 18.7 Å². The predicted molar refractivity (Wildman–Crippen MR) is 81.8 cm³/mol. The average molecular weight is 327 g/mol. The van der Waals surface area contributed by atoms with Crippen LogP contribution in [-0.4, -0.2) is 68.6 Å². The van der Waals surface area contributed by atoms with Gasteiger partial charge in [-0.2, -0.15) is 0 Å². The van der Waals surface area contributed by atoms with Crippen LogP contribution in [0, 0.1) is 0 Å². The summed E-state index contributed by atoms with van der Waals surface area (Å²) in [5.74, 6) is -0.226. The number of nitrogens with two attached hydrogens (primary N) is 1. The van der Waals surface area contributed by atoms with Crippen LogP contribution in [0.5, 0.6) is 0 Å². The first-order chi connectivity index (χ1) is 10.1. The van der Waals surface area contributed by atoms with Gasteiger partial charge in [0.25, 0.3) is 5.91 Å². The van der Waals surface area contributed by atoms with E-state index in [1.165, 1.54) is 24.3 Å². The number of hydrogen-bond acceptors (Lipinski definition) is 5. The van der Waals surface area contributed by atoms with Crippen LogP contribution in [-0.2, 0) is 10.0 Å². The van der Waals surface area contributed by atoms with Crippen LogP contribution in [0.2, 0.25) is 0 Å². The molecule has 1 aliphatic rings. The second-order valence-corrected chi connectivity index (χ2v) is 7.57. The highest BCUT2D eigenvalue weighted by molar-refractivity contribution is 7.89. The zero-order valence-corrected chi connectivity index (χ0v) is 13.5. The fraction of sp³-hybridized carbons (Fsp3) is 0.500. The van der Waals surface area contributed by atoms with Gasteiger partial charge in [-0.05, 0) is 44.8 Å². The number of carbonyl (C=O) groups excluding carboxylic acids is 1. The molecule has 7 nitrogen and oxygen atoms in total. The van der Waals surface area contributed by atoms with Crippen LogP contribution in [0.1, 0.15) is 16.8 Å². The van der Waals surface area contributed by atoms with Crippen LogP contribution in [0.3, 0.4) is 0 Å².